The number of fused-ring (bicyclic) bond motifs is 2. The zero-order valence-electron chi connectivity index (χ0n) is 14.1. The van der Waals surface area contributed by atoms with Crippen LogP contribution in [-0.2, 0) is 10.0 Å². The van der Waals surface area contributed by atoms with E-state index in [4.69, 9.17) is 0 Å². The summed E-state index contributed by atoms with van der Waals surface area (Å²) in [6.07, 6.45) is 2.04. The van der Waals surface area contributed by atoms with Crippen molar-refractivity contribution in [1.82, 2.24) is 4.72 Å². The Morgan fingerprint density at radius 3 is 2.48 bits per heavy atom. The summed E-state index contributed by atoms with van der Waals surface area (Å²) in [5.41, 5.74) is 0.306. The van der Waals surface area contributed by atoms with E-state index < -0.39 is 21.5 Å². The molecule has 128 valence electrons. The number of hydrogen-bond donors (Lipinski definition) is 2. The summed E-state index contributed by atoms with van der Waals surface area (Å²) in [6, 6.07) is 9.31. The Labute approximate surface area is 139 Å². The van der Waals surface area contributed by atoms with E-state index in [0.29, 0.717) is 5.92 Å². The lowest BCUT2D eigenvalue weighted by atomic mass is 9.70. The summed E-state index contributed by atoms with van der Waals surface area (Å²) in [4.78, 5) is 0. The Hall–Kier alpha value is -0.910. The van der Waals surface area contributed by atoms with E-state index in [0.717, 1.165) is 24.8 Å². The second-order valence-corrected chi connectivity index (χ2v) is 9.63. The number of hydrogen-bond acceptors (Lipinski definition) is 3. The van der Waals surface area contributed by atoms with Crippen LogP contribution in [0.1, 0.15) is 51.6 Å². The Kier molecular flexibility index (Phi) is 4.10. The molecule has 5 heteroatoms. The largest absolute Gasteiger partial charge is 0.392 e. The smallest absolute Gasteiger partial charge is 0.212 e. The van der Waals surface area contributed by atoms with E-state index in [1.807, 2.05) is 37.3 Å². The molecule has 4 atom stereocenters. The summed E-state index contributed by atoms with van der Waals surface area (Å²) >= 11 is 0. The van der Waals surface area contributed by atoms with Gasteiger partial charge in [-0.05, 0) is 43.1 Å². The van der Waals surface area contributed by atoms with Crippen LogP contribution in [0, 0.1) is 16.7 Å². The van der Waals surface area contributed by atoms with Gasteiger partial charge in [0.2, 0.25) is 10.0 Å². The van der Waals surface area contributed by atoms with Gasteiger partial charge in [-0.25, -0.2) is 13.1 Å². The van der Waals surface area contributed by atoms with Crippen molar-refractivity contribution < 1.29 is 13.5 Å². The number of benzene rings is 1. The molecule has 0 aromatic heterocycles. The molecule has 0 heterocycles. The van der Waals surface area contributed by atoms with Crippen LogP contribution < -0.4 is 4.72 Å². The van der Waals surface area contributed by atoms with Crippen LogP contribution in [0.3, 0.4) is 0 Å². The fourth-order valence-corrected chi connectivity index (χ4v) is 6.98. The molecule has 2 N–H and O–H groups in total. The number of aliphatic hydroxyl groups is 1. The normalized spacial score (nSPS) is 33.7. The molecule has 2 fully saturated rings. The quantitative estimate of drug-likeness (QED) is 0.868. The maximum Gasteiger partial charge on any atom is 0.212 e. The Morgan fingerprint density at radius 1 is 1.30 bits per heavy atom. The Morgan fingerprint density at radius 2 is 1.96 bits per heavy atom. The van der Waals surface area contributed by atoms with Crippen molar-refractivity contribution in [1.29, 1.82) is 0 Å². The number of rotatable bonds is 5. The summed E-state index contributed by atoms with van der Waals surface area (Å²) in [6.45, 7) is 6.10. The average Bonchev–Trinajstić information content (AvgIpc) is 2.81. The number of aliphatic hydroxyl groups excluding tert-OH is 1. The van der Waals surface area contributed by atoms with Crippen LogP contribution in [0.4, 0.5) is 0 Å². The van der Waals surface area contributed by atoms with Crippen molar-refractivity contribution in [3.8, 4) is 0 Å². The minimum absolute atomic E-state index is 0.0157. The van der Waals surface area contributed by atoms with Crippen molar-refractivity contribution in [3.05, 3.63) is 35.9 Å². The lowest BCUT2D eigenvalue weighted by Crippen LogP contribution is -2.47. The third-order valence-corrected chi connectivity index (χ3v) is 8.10. The molecule has 2 saturated carbocycles. The van der Waals surface area contributed by atoms with Crippen LogP contribution in [0.25, 0.3) is 0 Å². The van der Waals surface area contributed by atoms with Gasteiger partial charge in [-0.2, -0.15) is 0 Å². The predicted octanol–water partition coefficient (Wildman–Crippen LogP) is 2.85. The summed E-state index contributed by atoms with van der Waals surface area (Å²) in [5, 5.41) is 10.5. The molecule has 2 aliphatic carbocycles. The minimum atomic E-state index is -3.47. The van der Waals surface area contributed by atoms with Crippen molar-refractivity contribution in [2.45, 2.75) is 52.2 Å². The van der Waals surface area contributed by atoms with Gasteiger partial charge in [0.15, 0.2) is 0 Å². The number of nitrogens with one attached hydrogen (secondary N) is 1. The van der Waals surface area contributed by atoms with Gasteiger partial charge in [-0.1, -0.05) is 44.2 Å². The highest BCUT2D eigenvalue weighted by Gasteiger charge is 2.64. The van der Waals surface area contributed by atoms with Crippen LogP contribution >= 0.6 is 0 Å². The molecule has 1 aromatic carbocycles. The van der Waals surface area contributed by atoms with E-state index >= 15 is 0 Å². The van der Waals surface area contributed by atoms with E-state index in [-0.39, 0.29) is 17.2 Å². The van der Waals surface area contributed by atoms with Crippen molar-refractivity contribution in [2.24, 2.45) is 16.7 Å². The van der Waals surface area contributed by atoms with Gasteiger partial charge >= 0.3 is 0 Å². The van der Waals surface area contributed by atoms with Gasteiger partial charge in [0.25, 0.3) is 0 Å². The third-order valence-electron chi connectivity index (χ3n) is 6.49. The molecule has 4 nitrogen and oxygen atoms in total. The van der Waals surface area contributed by atoms with Gasteiger partial charge in [0.05, 0.1) is 11.9 Å². The average molecular weight is 337 g/mol. The molecular weight excluding hydrogens is 310 g/mol. The maximum absolute atomic E-state index is 12.8. The van der Waals surface area contributed by atoms with Crippen LogP contribution in [0.2, 0.25) is 0 Å². The first-order valence-electron chi connectivity index (χ1n) is 8.41. The van der Waals surface area contributed by atoms with Crippen molar-refractivity contribution in [2.75, 3.05) is 5.75 Å². The summed E-state index contributed by atoms with van der Waals surface area (Å²) in [5.74, 6) is 0.446. The zero-order chi connectivity index (χ0) is 16.9. The second-order valence-electron chi connectivity index (χ2n) is 7.87. The van der Waals surface area contributed by atoms with Gasteiger partial charge in [-0.15, -0.1) is 0 Å². The number of sulfonamides is 1. The molecule has 0 saturated heterocycles. The SMILES string of the molecule is CC(NS(=O)(=O)C[C@]12CC[C@H](C[C@H]1O)C2(C)C)c1ccccc1. The zero-order valence-corrected chi connectivity index (χ0v) is 14.9. The molecule has 3 rings (SSSR count). The lowest BCUT2D eigenvalue weighted by molar-refractivity contribution is 0.0151. The molecule has 2 aliphatic rings. The Bertz CT molecular complexity index is 671. The van der Waals surface area contributed by atoms with Gasteiger partial charge in [0.1, 0.15) is 0 Å². The van der Waals surface area contributed by atoms with E-state index in [9.17, 15) is 13.5 Å². The molecule has 0 radical (unpaired) electrons. The van der Waals surface area contributed by atoms with Crippen LogP contribution in [0.5, 0.6) is 0 Å². The molecule has 23 heavy (non-hydrogen) atoms. The molecule has 2 bridgehead atoms. The summed E-state index contributed by atoms with van der Waals surface area (Å²) in [7, 11) is -3.47. The van der Waals surface area contributed by atoms with Gasteiger partial charge < -0.3 is 5.11 Å². The van der Waals surface area contributed by atoms with Crippen LogP contribution in [-0.4, -0.2) is 25.4 Å². The molecule has 0 aliphatic heterocycles. The van der Waals surface area contributed by atoms with Crippen molar-refractivity contribution in [3.63, 3.8) is 0 Å². The molecule has 1 unspecified atom stereocenters. The first-order valence-corrected chi connectivity index (χ1v) is 10.1. The lowest BCUT2D eigenvalue weighted by Gasteiger charge is -2.40. The standard InChI is InChI=1S/C18H27NO3S/c1-13(14-7-5-4-6-8-14)19-23(21,22)12-18-10-9-15(11-16(18)20)17(18,2)3/h4-8,13,15-16,19-20H,9-12H2,1-3H3/t13?,15-,16-,18-/m1/s1. The monoisotopic (exact) mass is 337 g/mol. The first kappa shape index (κ1) is 16.9. The van der Waals surface area contributed by atoms with E-state index in [1.165, 1.54) is 0 Å². The Balaban J connectivity index is 1.79. The molecule has 1 aromatic rings. The highest BCUT2D eigenvalue weighted by molar-refractivity contribution is 7.89. The van der Waals surface area contributed by atoms with E-state index in [1.54, 1.807) is 0 Å². The van der Waals surface area contributed by atoms with Gasteiger partial charge in [-0.3, -0.25) is 0 Å². The fraction of sp³-hybridized carbons (Fsp3) is 0.667. The second kappa shape index (κ2) is 5.57. The minimum Gasteiger partial charge on any atom is -0.392 e. The van der Waals surface area contributed by atoms with Crippen molar-refractivity contribution >= 4 is 10.0 Å². The first-order chi connectivity index (χ1) is 10.7. The molecule has 0 amide bonds. The third kappa shape index (κ3) is 2.73. The predicted molar refractivity (Wildman–Crippen MR) is 91.3 cm³/mol. The summed E-state index contributed by atoms with van der Waals surface area (Å²) < 4.78 is 28.3. The molecule has 0 spiro atoms. The fourth-order valence-electron chi connectivity index (χ4n) is 4.84. The topological polar surface area (TPSA) is 66.4 Å². The van der Waals surface area contributed by atoms with Gasteiger partial charge in [0, 0.05) is 11.5 Å². The molecular formula is C18H27NO3S. The van der Waals surface area contributed by atoms with E-state index in [2.05, 4.69) is 18.6 Å². The highest BCUT2D eigenvalue weighted by Crippen LogP contribution is 2.66. The highest BCUT2D eigenvalue weighted by atomic mass is 32.2. The van der Waals surface area contributed by atoms with Crippen LogP contribution in [0.15, 0.2) is 30.3 Å². The maximum atomic E-state index is 12.8.